The van der Waals surface area contributed by atoms with Crippen molar-refractivity contribution < 1.29 is 28.7 Å². The van der Waals surface area contributed by atoms with Crippen LogP contribution in [0.3, 0.4) is 0 Å². The molecular weight excluding hydrogens is 512 g/mol. The van der Waals surface area contributed by atoms with E-state index in [-0.39, 0.29) is 25.5 Å². The Morgan fingerprint density at radius 2 is 1.50 bits per heavy atom. The van der Waals surface area contributed by atoms with Gasteiger partial charge >= 0.3 is 12.2 Å². The smallest absolute Gasteiger partial charge is 0.408 e. The number of likely N-dealkylation sites (N-methyl/N-ethyl adjacent to an activating group) is 1. The van der Waals surface area contributed by atoms with E-state index >= 15 is 0 Å². The molecule has 0 radical (unpaired) electrons. The van der Waals surface area contributed by atoms with Gasteiger partial charge in [-0.3, -0.25) is 9.59 Å². The molecule has 2 rings (SSSR count). The van der Waals surface area contributed by atoms with Crippen LogP contribution in [0.5, 0.6) is 0 Å². The average Bonchev–Trinajstić information content (AvgIpc) is 2.92. The first-order chi connectivity index (χ1) is 19.1. The minimum Gasteiger partial charge on any atom is -0.445 e. The van der Waals surface area contributed by atoms with Gasteiger partial charge in [-0.15, -0.1) is 0 Å². The summed E-state index contributed by atoms with van der Waals surface area (Å²) in [6.45, 7) is 5.56. The molecule has 0 aliphatic rings. The normalized spacial score (nSPS) is 12.6. The monoisotopic (exact) mass is 552 g/mol. The lowest BCUT2D eigenvalue weighted by molar-refractivity contribution is -0.124. The predicted octanol–water partition coefficient (Wildman–Crippen LogP) is 3.62. The summed E-state index contributed by atoms with van der Waals surface area (Å²) >= 11 is 0. The molecule has 2 aromatic rings. The van der Waals surface area contributed by atoms with Gasteiger partial charge in [0.2, 0.25) is 11.8 Å². The lowest BCUT2D eigenvalue weighted by Crippen LogP contribution is -2.51. The van der Waals surface area contributed by atoms with Crippen LogP contribution in [0.2, 0.25) is 0 Å². The Labute approximate surface area is 235 Å². The summed E-state index contributed by atoms with van der Waals surface area (Å²) in [6, 6.07) is 17.4. The molecule has 0 saturated heterocycles. The molecule has 0 heterocycles. The number of hydrogen-bond donors (Lipinski definition) is 4. The topological polar surface area (TPSA) is 135 Å². The summed E-state index contributed by atoms with van der Waals surface area (Å²) in [5.41, 5.74) is 1.08. The van der Waals surface area contributed by atoms with E-state index in [1.807, 2.05) is 60.7 Å². The molecule has 0 aliphatic heterocycles. The number of alkyl carbamates (subject to hydrolysis) is 2. The molecule has 0 aromatic heterocycles. The number of carbonyl (C=O) groups is 4. The van der Waals surface area contributed by atoms with Crippen LogP contribution in [-0.4, -0.2) is 55.3 Å². The largest absolute Gasteiger partial charge is 0.445 e. The van der Waals surface area contributed by atoms with Crippen LogP contribution in [0.25, 0.3) is 0 Å². The van der Waals surface area contributed by atoms with Gasteiger partial charge in [0.15, 0.2) is 0 Å². The lowest BCUT2D eigenvalue weighted by atomic mass is 10.0. The maximum absolute atomic E-state index is 13.3. The third-order valence-corrected chi connectivity index (χ3v) is 5.51. The molecule has 2 atom stereocenters. The van der Waals surface area contributed by atoms with E-state index in [2.05, 4.69) is 21.3 Å². The fourth-order valence-electron chi connectivity index (χ4n) is 3.59. The first-order valence-corrected chi connectivity index (χ1v) is 13.2. The number of benzene rings is 2. The minimum atomic E-state index is -0.941. The Morgan fingerprint density at radius 3 is 2.10 bits per heavy atom. The van der Waals surface area contributed by atoms with Crippen LogP contribution in [0, 0.1) is 0 Å². The highest BCUT2D eigenvalue weighted by molar-refractivity contribution is 5.88. The van der Waals surface area contributed by atoms with Crippen molar-refractivity contribution in [3.05, 3.63) is 83.9 Å². The van der Waals surface area contributed by atoms with Crippen molar-refractivity contribution in [1.29, 1.82) is 0 Å². The van der Waals surface area contributed by atoms with Crippen molar-refractivity contribution in [2.45, 2.75) is 64.3 Å². The lowest BCUT2D eigenvalue weighted by Gasteiger charge is -2.25. The van der Waals surface area contributed by atoms with E-state index in [1.54, 1.807) is 26.8 Å². The van der Waals surface area contributed by atoms with E-state index in [4.69, 9.17) is 9.47 Å². The van der Waals surface area contributed by atoms with E-state index in [1.165, 1.54) is 13.1 Å². The van der Waals surface area contributed by atoms with Gasteiger partial charge in [0.25, 0.3) is 0 Å². The number of rotatable bonds is 13. The van der Waals surface area contributed by atoms with E-state index in [9.17, 15) is 19.2 Å². The Bertz CT molecular complexity index is 1120. The van der Waals surface area contributed by atoms with Gasteiger partial charge in [-0.1, -0.05) is 66.7 Å². The summed E-state index contributed by atoms with van der Waals surface area (Å²) in [5.74, 6) is -0.749. The molecule has 10 nitrogen and oxygen atoms in total. The Balaban J connectivity index is 2.01. The Kier molecular flexibility index (Phi) is 13.2. The second-order valence-corrected chi connectivity index (χ2v) is 10.1. The van der Waals surface area contributed by atoms with Gasteiger partial charge in [-0.25, -0.2) is 9.59 Å². The highest BCUT2D eigenvalue weighted by atomic mass is 16.6. The van der Waals surface area contributed by atoms with Crippen LogP contribution < -0.4 is 21.3 Å². The number of nitrogens with one attached hydrogen (secondary N) is 4. The van der Waals surface area contributed by atoms with Crippen LogP contribution in [0.15, 0.2) is 72.8 Å². The van der Waals surface area contributed by atoms with E-state index in [0.717, 1.165) is 11.1 Å². The van der Waals surface area contributed by atoms with Crippen molar-refractivity contribution >= 4 is 24.0 Å². The van der Waals surface area contributed by atoms with Gasteiger partial charge in [-0.05, 0) is 51.2 Å². The van der Waals surface area contributed by atoms with Gasteiger partial charge in [0.05, 0.1) is 6.04 Å². The van der Waals surface area contributed by atoms with Crippen LogP contribution in [0.1, 0.15) is 44.7 Å². The molecule has 0 fully saturated rings. The van der Waals surface area contributed by atoms with Gasteiger partial charge in [-0.2, -0.15) is 0 Å². The molecule has 4 amide bonds. The molecule has 40 heavy (non-hydrogen) atoms. The maximum atomic E-state index is 13.3. The summed E-state index contributed by atoms with van der Waals surface area (Å²) in [6.07, 6.45) is 2.70. The zero-order valence-electron chi connectivity index (χ0n) is 23.6. The third-order valence-electron chi connectivity index (χ3n) is 5.51. The quantitative estimate of drug-likeness (QED) is 0.222. The predicted molar refractivity (Wildman–Crippen MR) is 152 cm³/mol. The van der Waals surface area contributed by atoms with E-state index < -0.39 is 35.8 Å². The fourth-order valence-corrected chi connectivity index (χ4v) is 3.59. The van der Waals surface area contributed by atoms with Crippen molar-refractivity contribution in [3.63, 3.8) is 0 Å². The van der Waals surface area contributed by atoms with Crippen molar-refractivity contribution in [3.8, 4) is 0 Å². The molecule has 0 spiro atoms. The molecule has 0 unspecified atom stereocenters. The molecule has 0 aliphatic carbocycles. The molecule has 10 heteroatoms. The zero-order valence-corrected chi connectivity index (χ0v) is 23.6. The summed E-state index contributed by atoms with van der Waals surface area (Å²) in [4.78, 5) is 49.7. The van der Waals surface area contributed by atoms with E-state index in [0.29, 0.717) is 12.8 Å². The van der Waals surface area contributed by atoms with Gasteiger partial charge in [0, 0.05) is 19.7 Å². The number of amides is 4. The number of carbonyl (C=O) groups excluding carboxylic acids is 4. The van der Waals surface area contributed by atoms with Crippen molar-refractivity contribution in [2.24, 2.45) is 0 Å². The molecule has 2 aromatic carbocycles. The molecular formula is C30H40N4O6. The van der Waals surface area contributed by atoms with Gasteiger partial charge in [0.1, 0.15) is 18.2 Å². The average molecular weight is 553 g/mol. The van der Waals surface area contributed by atoms with Crippen molar-refractivity contribution in [2.75, 3.05) is 13.6 Å². The zero-order chi connectivity index (χ0) is 29.4. The second-order valence-electron chi connectivity index (χ2n) is 10.1. The molecule has 4 N–H and O–H groups in total. The highest BCUT2D eigenvalue weighted by Gasteiger charge is 2.25. The summed E-state index contributed by atoms with van der Waals surface area (Å²) in [7, 11) is 1.52. The Hall–Kier alpha value is -4.34. The van der Waals surface area contributed by atoms with Crippen LogP contribution in [-0.2, 0) is 32.1 Å². The standard InChI is InChI=1S/C30H40N4O6/c1-30(2,3)40-29(38)34-25(16-11-19-32-28(37)39-21-23-14-9-6-10-15-23)27(36)33-24(17-18-26(35)31-4)20-22-12-7-5-8-13-22/h5-10,12-15,17-18,24-25H,11,16,19-21H2,1-4H3,(H,31,35)(H,32,37)(H,33,36)(H,34,38)/b18-17+/t24-,25-/m1/s1. The van der Waals surface area contributed by atoms with Gasteiger partial charge < -0.3 is 30.7 Å². The number of ether oxygens (including phenoxy) is 2. The molecule has 216 valence electrons. The maximum Gasteiger partial charge on any atom is 0.408 e. The highest BCUT2D eigenvalue weighted by Crippen LogP contribution is 2.09. The first kappa shape index (κ1) is 31.9. The molecule has 0 saturated carbocycles. The summed E-state index contributed by atoms with van der Waals surface area (Å²) in [5, 5.41) is 10.7. The second kappa shape index (κ2) is 16.6. The number of hydrogen-bond acceptors (Lipinski definition) is 6. The Morgan fingerprint density at radius 1 is 0.875 bits per heavy atom. The third kappa shape index (κ3) is 13.5. The van der Waals surface area contributed by atoms with Crippen LogP contribution in [0.4, 0.5) is 9.59 Å². The van der Waals surface area contributed by atoms with Crippen LogP contribution >= 0.6 is 0 Å². The van der Waals surface area contributed by atoms with Crippen molar-refractivity contribution in [1.82, 2.24) is 21.3 Å². The SMILES string of the molecule is CNC(=O)/C=C/[C@H](Cc1ccccc1)NC(=O)[C@@H](CCCNC(=O)OCc1ccccc1)NC(=O)OC(C)(C)C. The summed E-state index contributed by atoms with van der Waals surface area (Å²) < 4.78 is 10.6. The fraction of sp³-hybridized carbons (Fsp3) is 0.400. The first-order valence-electron chi connectivity index (χ1n) is 13.2. The minimum absolute atomic E-state index is 0.143. The molecule has 0 bridgehead atoms.